The van der Waals surface area contributed by atoms with Gasteiger partial charge in [0, 0.05) is 82.6 Å². The fraction of sp³-hybridized carbons (Fsp3) is 0.565. The van der Waals surface area contributed by atoms with Gasteiger partial charge in [0.15, 0.2) is 6.29 Å². The van der Waals surface area contributed by atoms with Crippen molar-refractivity contribution in [2.75, 3.05) is 0 Å². The van der Waals surface area contributed by atoms with Gasteiger partial charge in [-0.2, -0.15) is 0 Å². The maximum Gasteiger partial charge on any atom is 0.406 e. The minimum absolute atomic E-state index is 0. The molecule has 3 rings (SSSR count). The van der Waals surface area contributed by atoms with Crippen LogP contribution in [0.3, 0.4) is 0 Å². The van der Waals surface area contributed by atoms with Gasteiger partial charge in [-0.1, -0.05) is 32.0 Å². The number of hydrogen-bond acceptors (Lipinski definition) is 8. The second-order valence-corrected chi connectivity index (χ2v) is 11.1. The van der Waals surface area contributed by atoms with Crippen molar-refractivity contribution in [3.63, 3.8) is 0 Å². The summed E-state index contributed by atoms with van der Waals surface area (Å²) >= 11 is 0. The Morgan fingerprint density at radius 1 is 1.07 bits per heavy atom. The van der Waals surface area contributed by atoms with Gasteiger partial charge >= 0.3 is 13.7 Å². The van der Waals surface area contributed by atoms with Crippen molar-refractivity contribution in [2.45, 2.75) is 76.4 Å². The number of carbonyl (C=O) groups is 2. The molecule has 1 aromatic carbocycles. The third-order valence-corrected chi connectivity index (χ3v) is 7.24. The van der Waals surface area contributed by atoms with Crippen molar-refractivity contribution in [1.82, 2.24) is 15.4 Å². The SMILES string of the molecule is CC(C)C[C@H](NP(=O)(O)O[C@@H]1O[C@@H](C)[C@H](O)[C@@H](O)[C@H]1O)C(=O)N[C@@H](Cc1c[nH]c2ccccc12)C(=O)O.O.O.[Na].[Na]. The number of H-pyrrole nitrogens is 1. The number of hydrogen-bond donors (Lipinski definition) is 8. The van der Waals surface area contributed by atoms with Crippen LogP contribution in [0.15, 0.2) is 30.5 Å². The van der Waals surface area contributed by atoms with Gasteiger partial charge < -0.3 is 51.3 Å². The fourth-order valence-corrected chi connectivity index (χ4v) is 5.28. The van der Waals surface area contributed by atoms with E-state index in [1.807, 2.05) is 24.3 Å². The van der Waals surface area contributed by atoms with Gasteiger partial charge in [-0.15, -0.1) is 0 Å². The Kier molecular flexibility index (Phi) is 19.2. The van der Waals surface area contributed by atoms with Gasteiger partial charge in [-0.3, -0.25) is 9.32 Å². The molecule has 12 N–H and O–H groups in total. The number of rotatable bonds is 11. The summed E-state index contributed by atoms with van der Waals surface area (Å²) in [6, 6.07) is 4.63. The normalized spacial score (nSPS) is 24.8. The van der Waals surface area contributed by atoms with E-state index in [9.17, 15) is 39.5 Å². The fourth-order valence-electron chi connectivity index (χ4n) is 4.15. The van der Waals surface area contributed by atoms with Crippen molar-refractivity contribution < 1.29 is 59.7 Å². The molecule has 224 valence electrons. The Hall–Kier alpha value is -0.430. The Bertz CT molecular complexity index is 1160. The Labute approximate surface area is 281 Å². The molecule has 0 saturated carbocycles. The average Bonchev–Trinajstić information content (AvgIpc) is 3.22. The Morgan fingerprint density at radius 2 is 1.68 bits per heavy atom. The van der Waals surface area contributed by atoms with Gasteiger partial charge in [0.2, 0.25) is 5.91 Å². The number of para-hydroxylation sites is 1. The van der Waals surface area contributed by atoms with E-state index in [0.717, 1.165) is 10.9 Å². The summed E-state index contributed by atoms with van der Waals surface area (Å²) in [6.45, 7) is 4.90. The number of carboxylic acids is 1. The molecule has 2 radical (unpaired) electrons. The summed E-state index contributed by atoms with van der Waals surface area (Å²) < 4.78 is 23.0. The van der Waals surface area contributed by atoms with Crippen molar-refractivity contribution in [1.29, 1.82) is 0 Å². The van der Waals surface area contributed by atoms with E-state index < -0.39 is 62.4 Å². The quantitative estimate of drug-likeness (QED) is 0.0982. The average molecular weight is 626 g/mol. The molecule has 0 spiro atoms. The summed E-state index contributed by atoms with van der Waals surface area (Å²) in [5.41, 5.74) is 1.48. The van der Waals surface area contributed by atoms with Crippen LogP contribution in [0.1, 0.15) is 32.8 Å². The minimum Gasteiger partial charge on any atom is -0.480 e. The van der Waals surface area contributed by atoms with Crippen molar-refractivity contribution in [3.8, 4) is 0 Å². The summed E-state index contributed by atoms with van der Waals surface area (Å²) in [5, 5.41) is 45.0. The van der Waals surface area contributed by atoms with E-state index in [0.29, 0.717) is 5.56 Å². The molecule has 41 heavy (non-hydrogen) atoms. The van der Waals surface area contributed by atoms with Gasteiger partial charge in [-0.05, 0) is 30.9 Å². The smallest absolute Gasteiger partial charge is 0.406 e. The van der Waals surface area contributed by atoms with Crippen molar-refractivity contribution in [2.24, 2.45) is 5.92 Å². The van der Waals surface area contributed by atoms with E-state index in [1.165, 1.54) is 6.92 Å². The Morgan fingerprint density at radius 3 is 2.27 bits per heavy atom. The van der Waals surface area contributed by atoms with Crippen LogP contribution in [0, 0.1) is 5.92 Å². The predicted octanol–water partition coefficient (Wildman–Crippen LogP) is -2.18. The van der Waals surface area contributed by atoms with Crippen LogP contribution in [-0.2, 0) is 29.8 Å². The molecule has 8 atom stereocenters. The number of ether oxygens (including phenoxy) is 1. The number of aliphatic carboxylic acids is 1. The van der Waals surface area contributed by atoms with Crippen LogP contribution in [0.5, 0.6) is 0 Å². The first-order valence-corrected chi connectivity index (χ1v) is 13.4. The zero-order valence-electron chi connectivity index (χ0n) is 23.6. The first kappa shape index (κ1) is 42.7. The van der Waals surface area contributed by atoms with Gasteiger partial charge in [0.25, 0.3) is 0 Å². The first-order chi connectivity index (χ1) is 17.3. The van der Waals surface area contributed by atoms with E-state index >= 15 is 0 Å². The first-order valence-electron chi connectivity index (χ1n) is 11.9. The largest absolute Gasteiger partial charge is 0.480 e. The number of benzene rings is 1. The molecular weight excluding hydrogens is 587 g/mol. The molecule has 2 aromatic rings. The molecule has 1 aliphatic rings. The molecule has 0 aliphatic carbocycles. The summed E-state index contributed by atoms with van der Waals surface area (Å²) in [6.07, 6.45) is -6.08. The van der Waals surface area contributed by atoms with Crippen LogP contribution < -0.4 is 10.4 Å². The number of aliphatic hydroxyl groups is 3. The van der Waals surface area contributed by atoms with Gasteiger partial charge in [-0.25, -0.2) is 14.4 Å². The molecule has 2 heterocycles. The molecule has 1 fully saturated rings. The molecule has 18 heteroatoms. The summed E-state index contributed by atoms with van der Waals surface area (Å²) in [7, 11) is -4.83. The zero-order valence-corrected chi connectivity index (χ0v) is 28.5. The summed E-state index contributed by atoms with van der Waals surface area (Å²) in [5.74, 6) is -2.27. The molecule has 0 bridgehead atoms. The molecule has 15 nitrogen and oxygen atoms in total. The van der Waals surface area contributed by atoms with Crippen LogP contribution >= 0.6 is 7.75 Å². The molecule has 1 aliphatic heterocycles. The molecule has 1 amide bonds. The maximum atomic E-state index is 13.1. The van der Waals surface area contributed by atoms with E-state index in [1.54, 1.807) is 20.0 Å². The summed E-state index contributed by atoms with van der Waals surface area (Å²) in [4.78, 5) is 38.5. The second kappa shape index (κ2) is 18.4. The predicted molar refractivity (Wildman–Crippen MR) is 150 cm³/mol. The molecule has 1 saturated heterocycles. The number of aromatic nitrogens is 1. The second-order valence-electron chi connectivity index (χ2n) is 9.58. The number of carboxylic acid groups (broad SMARTS) is 1. The molecule has 1 unspecified atom stereocenters. The van der Waals surface area contributed by atoms with E-state index in [-0.39, 0.29) is 88.8 Å². The maximum absolute atomic E-state index is 13.1. The number of aliphatic hydroxyl groups excluding tert-OH is 3. The molecule has 1 aromatic heterocycles. The molecular formula is C23H38N3Na2O12P. The monoisotopic (exact) mass is 625 g/mol. The van der Waals surface area contributed by atoms with E-state index in [2.05, 4.69) is 15.4 Å². The number of fused-ring (bicyclic) bond motifs is 1. The number of amides is 1. The van der Waals surface area contributed by atoms with Crippen molar-refractivity contribution in [3.05, 3.63) is 36.0 Å². The number of carbonyl (C=O) groups excluding carboxylic acids is 1. The third-order valence-electron chi connectivity index (χ3n) is 6.11. The minimum atomic E-state index is -4.83. The topological polar surface area (TPSA) is 274 Å². The Balaban J connectivity index is 0. The van der Waals surface area contributed by atoms with Gasteiger partial charge in [0.05, 0.1) is 12.1 Å². The van der Waals surface area contributed by atoms with Crippen LogP contribution in [0.2, 0.25) is 0 Å². The van der Waals surface area contributed by atoms with Gasteiger partial charge in [0.1, 0.15) is 24.4 Å². The number of aromatic amines is 1. The zero-order chi connectivity index (χ0) is 27.5. The standard InChI is InChI=1S/C23H34N3O10P.2Na.2H2O/c1-11(2)8-16(26-37(33,34)36-23-20(29)19(28)18(27)12(3)35-23)21(30)25-17(22(31)32)9-13-10-24-15-7-5-4-6-14(13)15;;;;/h4-7,10-12,16-20,23-24,27-29H,8-9H2,1-3H3,(H,25,30)(H,31,32)(H2,26,33,34);;;2*1H2/t12-,16-,17-,18-,19+,20+,23-;;;;/m0..../s1. The van der Waals surface area contributed by atoms with Crippen LogP contribution in [-0.4, -0.2) is 155 Å². The van der Waals surface area contributed by atoms with Crippen LogP contribution in [0.4, 0.5) is 0 Å². The third kappa shape index (κ3) is 11.5. The number of nitrogens with one attached hydrogen (secondary N) is 3. The van der Waals surface area contributed by atoms with Crippen LogP contribution in [0.25, 0.3) is 10.9 Å². The van der Waals surface area contributed by atoms with Crippen molar-refractivity contribution >= 4 is 89.6 Å². The van der Waals surface area contributed by atoms with E-state index in [4.69, 9.17) is 9.26 Å².